The molecule has 4 nitrogen and oxygen atoms in total. The summed E-state index contributed by atoms with van der Waals surface area (Å²) in [6.07, 6.45) is 1.80. The number of thiocarbonyl (C=S) groups is 1. The second kappa shape index (κ2) is 11.7. The van der Waals surface area contributed by atoms with Gasteiger partial charge < -0.3 is 9.47 Å². The number of rotatable bonds is 7. The number of hydrogen-bond acceptors (Lipinski definition) is 5. The second-order valence-corrected chi connectivity index (χ2v) is 11.4. The van der Waals surface area contributed by atoms with Crippen LogP contribution in [-0.2, 0) is 11.4 Å². The lowest BCUT2D eigenvalue weighted by molar-refractivity contribution is -0.113. The molecular weight excluding hydrogens is 660 g/mol. The number of amides is 1. The Kier molecular flexibility index (Phi) is 8.89. The van der Waals surface area contributed by atoms with Crippen molar-refractivity contribution in [2.24, 2.45) is 0 Å². The van der Waals surface area contributed by atoms with Crippen molar-refractivity contribution in [3.8, 4) is 11.5 Å². The molecule has 1 aliphatic rings. The lowest BCUT2D eigenvalue weighted by Gasteiger charge is -2.15. The Labute approximate surface area is 241 Å². The molecule has 1 fully saturated rings. The van der Waals surface area contributed by atoms with E-state index in [1.54, 1.807) is 24.3 Å². The molecule has 0 saturated carbocycles. The van der Waals surface area contributed by atoms with Gasteiger partial charge in [0.1, 0.15) is 6.61 Å². The van der Waals surface area contributed by atoms with E-state index in [0.717, 1.165) is 14.7 Å². The third kappa shape index (κ3) is 6.26. The minimum absolute atomic E-state index is 0.227. The zero-order valence-electron chi connectivity index (χ0n) is 18.2. The van der Waals surface area contributed by atoms with Gasteiger partial charge in [0.2, 0.25) is 0 Å². The molecule has 4 rings (SSSR count). The van der Waals surface area contributed by atoms with E-state index in [-0.39, 0.29) is 5.91 Å². The first-order valence-corrected chi connectivity index (χ1v) is 13.8. The first kappa shape index (κ1) is 26.6. The molecule has 1 aliphatic heterocycles. The molecule has 0 N–H and O–H groups in total. The van der Waals surface area contributed by atoms with Crippen LogP contribution in [0.4, 0.5) is 5.69 Å². The van der Waals surface area contributed by atoms with Gasteiger partial charge in [0.25, 0.3) is 5.91 Å². The molecule has 1 heterocycles. The molecule has 0 radical (unpaired) electrons. The van der Waals surface area contributed by atoms with E-state index in [9.17, 15) is 4.79 Å². The van der Waals surface area contributed by atoms with Crippen molar-refractivity contribution >= 4 is 103 Å². The molecular formula is C25H17Cl3INO3S2. The Morgan fingerprint density at radius 2 is 1.77 bits per heavy atom. The maximum absolute atomic E-state index is 13.2. The number of nitrogens with zero attached hydrogens (tertiary/aromatic N) is 1. The molecule has 1 amide bonds. The van der Waals surface area contributed by atoms with Gasteiger partial charge in [0, 0.05) is 5.02 Å². The summed E-state index contributed by atoms with van der Waals surface area (Å²) >= 11 is 27.0. The Morgan fingerprint density at radius 1 is 1.03 bits per heavy atom. The van der Waals surface area contributed by atoms with Crippen LogP contribution in [0.15, 0.2) is 59.5 Å². The van der Waals surface area contributed by atoms with Crippen molar-refractivity contribution in [3.05, 3.63) is 89.3 Å². The predicted molar refractivity (Wildman–Crippen MR) is 158 cm³/mol. The van der Waals surface area contributed by atoms with Crippen LogP contribution in [0.3, 0.4) is 0 Å². The summed E-state index contributed by atoms with van der Waals surface area (Å²) in [5.74, 6) is 1.01. The van der Waals surface area contributed by atoms with Gasteiger partial charge in [-0.1, -0.05) is 70.9 Å². The highest BCUT2D eigenvalue weighted by atomic mass is 127. The smallest absolute Gasteiger partial charge is 0.270 e. The number of hydrogen-bond donors (Lipinski definition) is 0. The van der Waals surface area contributed by atoms with E-state index in [0.29, 0.717) is 54.7 Å². The van der Waals surface area contributed by atoms with Gasteiger partial charge >= 0.3 is 0 Å². The van der Waals surface area contributed by atoms with Crippen molar-refractivity contribution in [2.45, 2.75) is 13.5 Å². The van der Waals surface area contributed by atoms with Gasteiger partial charge in [0.05, 0.1) is 30.8 Å². The number of carbonyl (C=O) groups is 1. The van der Waals surface area contributed by atoms with E-state index in [1.807, 2.05) is 43.3 Å². The second-order valence-electron chi connectivity index (χ2n) is 7.29. The summed E-state index contributed by atoms with van der Waals surface area (Å²) in [7, 11) is 0. The van der Waals surface area contributed by atoms with Crippen LogP contribution >= 0.6 is 81.4 Å². The van der Waals surface area contributed by atoms with Crippen LogP contribution in [0.5, 0.6) is 11.5 Å². The van der Waals surface area contributed by atoms with Gasteiger partial charge in [-0.3, -0.25) is 9.69 Å². The normalized spacial score (nSPS) is 14.7. The van der Waals surface area contributed by atoms with Crippen molar-refractivity contribution in [1.29, 1.82) is 0 Å². The quantitative estimate of drug-likeness (QED) is 0.142. The fraction of sp³-hybridized carbons (Fsp3) is 0.120. The highest BCUT2D eigenvalue weighted by Crippen LogP contribution is 2.40. The molecule has 35 heavy (non-hydrogen) atoms. The molecule has 0 bridgehead atoms. The topological polar surface area (TPSA) is 38.8 Å². The molecule has 0 unspecified atom stereocenters. The summed E-state index contributed by atoms with van der Waals surface area (Å²) in [6, 6.07) is 16.3. The lowest BCUT2D eigenvalue weighted by atomic mass is 10.1. The summed E-state index contributed by atoms with van der Waals surface area (Å²) in [6.45, 7) is 2.75. The van der Waals surface area contributed by atoms with Crippen LogP contribution in [0.1, 0.15) is 18.1 Å². The standard InChI is InChI=1S/C25H17Cl3INO3S2/c1-2-32-21-10-15(9-20(29)23(21)33-13-14-3-5-16(26)6-4-14)11-22-24(31)30(25(34)35-22)17-7-8-18(27)19(28)12-17/h3-12H,2,13H2,1H3/b22-11-. The van der Waals surface area contributed by atoms with Crippen molar-refractivity contribution in [3.63, 3.8) is 0 Å². The van der Waals surface area contributed by atoms with Crippen molar-refractivity contribution < 1.29 is 14.3 Å². The van der Waals surface area contributed by atoms with Crippen LogP contribution in [-0.4, -0.2) is 16.8 Å². The lowest BCUT2D eigenvalue weighted by Crippen LogP contribution is -2.27. The fourth-order valence-electron chi connectivity index (χ4n) is 3.28. The molecule has 0 spiro atoms. The average molecular weight is 677 g/mol. The van der Waals surface area contributed by atoms with Gasteiger partial charge in [-0.15, -0.1) is 0 Å². The maximum Gasteiger partial charge on any atom is 0.270 e. The third-order valence-electron chi connectivity index (χ3n) is 4.88. The minimum Gasteiger partial charge on any atom is -0.490 e. The zero-order chi connectivity index (χ0) is 25.1. The Bertz CT molecular complexity index is 1330. The van der Waals surface area contributed by atoms with Crippen LogP contribution in [0, 0.1) is 3.57 Å². The van der Waals surface area contributed by atoms with Gasteiger partial charge in [-0.2, -0.15) is 0 Å². The van der Waals surface area contributed by atoms with E-state index >= 15 is 0 Å². The van der Waals surface area contributed by atoms with Crippen LogP contribution in [0.2, 0.25) is 15.1 Å². The molecule has 3 aromatic carbocycles. The summed E-state index contributed by atoms with van der Waals surface area (Å²) in [5.41, 5.74) is 2.36. The molecule has 10 heteroatoms. The SMILES string of the molecule is CCOc1cc(/C=C2\SC(=S)N(c3ccc(Cl)c(Cl)c3)C2=O)cc(I)c1OCc1ccc(Cl)cc1. The van der Waals surface area contributed by atoms with Crippen molar-refractivity contribution in [2.75, 3.05) is 11.5 Å². The number of benzene rings is 3. The minimum atomic E-state index is -0.227. The highest BCUT2D eigenvalue weighted by molar-refractivity contribution is 14.1. The van der Waals surface area contributed by atoms with E-state index in [4.69, 9.17) is 56.5 Å². The molecule has 1 saturated heterocycles. The first-order valence-electron chi connectivity index (χ1n) is 10.3. The monoisotopic (exact) mass is 675 g/mol. The molecule has 0 aliphatic carbocycles. The summed E-state index contributed by atoms with van der Waals surface area (Å²) in [5, 5.41) is 1.44. The number of ether oxygens (including phenoxy) is 2. The Morgan fingerprint density at radius 3 is 2.46 bits per heavy atom. The number of carbonyl (C=O) groups excluding carboxylic acids is 1. The summed E-state index contributed by atoms with van der Waals surface area (Å²) in [4.78, 5) is 15.1. The largest absolute Gasteiger partial charge is 0.490 e. The van der Waals surface area contributed by atoms with E-state index in [1.165, 1.54) is 16.7 Å². The Hall–Kier alpha value is -1.49. The van der Waals surface area contributed by atoms with Gasteiger partial charge in [-0.05, 0) is 89.2 Å². The number of anilines is 1. The first-order chi connectivity index (χ1) is 16.8. The third-order valence-corrected chi connectivity index (χ3v) is 7.98. The summed E-state index contributed by atoms with van der Waals surface area (Å²) < 4.78 is 13.2. The van der Waals surface area contributed by atoms with Gasteiger partial charge in [0.15, 0.2) is 15.8 Å². The maximum atomic E-state index is 13.2. The zero-order valence-corrected chi connectivity index (χ0v) is 24.2. The predicted octanol–water partition coefficient (Wildman–Crippen LogP) is 8.63. The van der Waals surface area contributed by atoms with E-state index in [2.05, 4.69) is 22.6 Å². The molecule has 0 aromatic heterocycles. The Balaban J connectivity index is 1.60. The van der Waals surface area contributed by atoms with Gasteiger partial charge in [-0.25, -0.2) is 0 Å². The number of halogens is 4. The number of thioether (sulfide) groups is 1. The van der Waals surface area contributed by atoms with E-state index < -0.39 is 0 Å². The highest BCUT2D eigenvalue weighted by Gasteiger charge is 2.33. The molecule has 0 atom stereocenters. The molecule has 3 aromatic rings. The fourth-order valence-corrected chi connectivity index (χ4v) is 5.77. The van der Waals surface area contributed by atoms with Crippen molar-refractivity contribution in [1.82, 2.24) is 0 Å². The molecule has 180 valence electrons. The van der Waals surface area contributed by atoms with Crippen LogP contribution < -0.4 is 14.4 Å². The van der Waals surface area contributed by atoms with Crippen LogP contribution in [0.25, 0.3) is 6.08 Å². The average Bonchev–Trinajstić information content (AvgIpc) is 3.09.